The average molecular weight is 440 g/mol. The van der Waals surface area contributed by atoms with E-state index in [-0.39, 0.29) is 11.8 Å². The van der Waals surface area contributed by atoms with Crippen LogP contribution in [0.25, 0.3) is 10.6 Å². The molecule has 2 amide bonds. The number of carbonyl (C=O) groups excluding carboxylic acids is 2. The van der Waals surface area contributed by atoms with Gasteiger partial charge in [0.1, 0.15) is 9.88 Å². The third-order valence-corrected chi connectivity index (χ3v) is 7.26. The molecule has 7 heteroatoms. The molecule has 0 radical (unpaired) electrons. The van der Waals surface area contributed by atoms with Gasteiger partial charge in [-0.05, 0) is 36.8 Å². The van der Waals surface area contributed by atoms with Crippen LogP contribution in [0, 0.1) is 6.92 Å². The summed E-state index contributed by atoms with van der Waals surface area (Å²) in [6.45, 7) is 4.26. The summed E-state index contributed by atoms with van der Waals surface area (Å²) in [6, 6.07) is 12.3. The number of aromatic nitrogens is 1. The topological polar surface area (TPSA) is 53.5 Å². The van der Waals surface area contributed by atoms with Gasteiger partial charge >= 0.3 is 0 Å². The van der Waals surface area contributed by atoms with E-state index >= 15 is 0 Å². The lowest BCUT2D eigenvalue weighted by atomic mass is 10.1. The predicted molar refractivity (Wildman–Crippen MR) is 122 cm³/mol. The van der Waals surface area contributed by atoms with Crippen LogP contribution in [-0.2, 0) is 11.2 Å². The lowest BCUT2D eigenvalue weighted by Crippen LogP contribution is -2.50. The first-order valence-corrected chi connectivity index (χ1v) is 12.0. The van der Waals surface area contributed by atoms with Crippen molar-refractivity contribution < 1.29 is 9.59 Å². The first kappa shape index (κ1) is 20.8. The lowest BCUT2D eigenvalue weighted by molar-refractivity contribution is -0.132. The number of thiazole rings is 1. The molecule has 1 aliphatic rings. The molecule has 4 rings (SSSR count). The molecule has 0 saturated carbocycles. The van der Waals surface area contributed by atoms with E-state index in [2.05, 4.69) is 22.5 Å². The van der Waals surface area contributed by atoms with Crippen LogP contribution in [0.1, 0.15) is 33.8 Å². The Labute approximate surface area is 185 Å². The molecule has 1 aliphatic heterocycles. The van der Waals surface area contributed by atoms with Gasteiger partial charge in [0.25, 0.3) is 5.91 Å². The van der Waals surface area contributed by atoms with Crippen LogP contribution in [0.4, 0.5) is 0 Å². The predicted octanol–water partition coefficient (Wildman–Crippen LogP) is 4.49. The molecular formula is C23H25N3O2S2. The van der Waals surface area contributed by atoms with Gasteiger partial charge in [0, 0.05) is 43.5 Å². The molecule has 156 valence electrons. The maximum atomic E-state index is 13.0. The minimum Gasteiger partial charge on any atom is -0.339 e. The molecule has 1 fully saturated rings. The number of thiophene rings is 1. The second-order valence-corrected chi connectivity index (χ2v) is 9.24. The number of aryl methyl sites for hydroxylation is 2. The van der Waals surface area contributed by atoms with Crippen molar-refractivity contribution in [3.63, 3.8) is 0 Å². The standard InChI is InChI=1S/C23H25N3O2S2/c1-17-21(30-22(24-17)19-10-15-29-16-19)23(28)26-13-11-25(12-14-26)20(27)9-5-8-18-6-3-2-4-7-18/h2-4,6-7,10,15-16H,5,8-9,11-14H2,1H3. The summed E-state index contributed by atoms with van der Waals surface area (Å²) in [5, 5.41) is 4.96. The lowest BCUT2D eigenvalue weighted by Gasteiger charge is -2.34. The van der Waals surface area contributed by atoms with Gasteiger partial charge in [0.15, 0.2) is 0 Å². The molecule has 0 N–H and O–H groups in total. The highest BCUT2D eigenvalue weighted by atomic mass is 32.1. The Bertz CT molecular complexity index is 991. The molecule has 1 aromatic carbocycles. The Kier molecular flexibility index (Phi) is 6.59. The van der Waals surface area contributed by atoms with E-state index in [0.29, 0.717) is 37.5 Å². The van der Waals surface area contributed by atoms with Crippen LogP contribution in [0.15, 0.2) is 47.2 Å². The summed E-state index contributed by atoms with van der Waals surface area (Å²) in [5.41, 5.74) is 3.12. The number of rotatable bonds is 6. The van der Waals surface area contributed by atoms with E-state index < -0.39 is 0 Å². The summed E-state index contributed by atoms with van der Waals surface area (Å²) >= 11 is 3.09. The largest absolute Gasteiger partial charge is 0.339 e. The van der Waals surface area contributed by atoms with Gasteiger partial charge in [0.2, 0.25) is 5.91 Å². The Morgan fingerprint density at radius 2 is 1.77 bits per heavy atom. The van der Waals surface area contributed by atoms with E-state index in [0.717, 1.165) is 29.1 Å². The van der Waals surface area contributed by atoms with E-state index in [1.54, 1.807) is 11.3 Å². The van der Waals surface area contributed by atoms with Gasteiger partial charge in [-0.25, -0.2) is 4.98 Å². The average Bonchev–Trinajstić information content (AvgIpc) is 3.44. The Hall–Kier alpha value is -2.51. The first-order valence-electron chi connectivity index (χ1n) is 10.2. The minimum atomic E-state index is 0.0302. The molecule has 3 heterocycles. The first-order chi connectivity index (χ1) is 14.6. The third-order valence-electron chi connectivity index (χ3n) is 5.38. The van der Waals surface area contributed by atoms with Gasteiger partial charge in [-0.3, -0.25) is 9.59 Å². The molecule has 1 saturated heterocycles. The van der Waals surface area contributed by atoms with Crippen molar-refractivity contribution in [2.45, 2.75) is 26.2 Å². The van der Waals surface area contributed by atoms with Gasteiger partial charge < -0.3 is 9.80 Å². The van der Waals surface area contributed by atoms with Crippen LogP contribution >= 0.6 is 22.7 Å². The van der Waals surface area contributed by atoms with Crippen molar-refractivity contribution in [1.82, 2.24) is 14.8 Å². The van der Waals surface area contributed by atoms with Crippen molar-refractivity contribution >= 4 is 34.5 Å². The number of carbonyl (C=O) groups is 2. The number of benzene rings is 1. The normalized spacial score (nSPS) is 14.2. The minimum absolute atomic E-state index is 0.0302. The fourth-order valence-corrected chi connectivity index (χ4v) is 5.40. The highest BCUT2D eigenvalue weighted by Crippen LogP contribution is 2.30. The monoisotopic (exact) mass is 439 g/mol. The summed E-state index contributed by atoms with van der Waals surface area (Å²) in [7, 11) is 0. The van der Waals surface area contributed by atoms with Crippen molar-refractivity contribution in [1.29, 1.82) is 0 Å². The molecule has 0 spiro atoms. The van der Waals surface area contributed by atoms with Crippen molar-refractivity contribution in [3.8, 4) is 10.6 Å². The van der Waals surface area contributed by atoms with Gasteiger partial charge in [-0.1, -0.05) is 30.3 Å². The van der Waals surface area contributed by atoms with Crippen LogP contribution in [-0.4, -0.2) is 52.8 Å². The van der Waals surface area contributed by atoms with E-state index in [9.17, 15) is 9.59 Å². The highest BCUT2D eigenvalue weighted by molar-refractivity contribution is 7.17. The molecule has 0 bridgehead atoms. The zero-order chi connectivity index (χ0) is 20.9. The molecule has 0 unspecified atom stereocenters. The van der Waals surface area contributed by atoms with Crippen LogP contribution < -0.4 is 0 Å². The SMILES string of the molecule is Cc1nc(-c2ccsc2)sc1C(=O)N1CCN(C(=O)CCCc2ccccc2)CC1. The van der Waals surface area contributed by atoms with E-state index in [4.69, 9.17) is 0 Å². The van der Waals surface area contributed by atoms with Crippen molar-refractivity contribution in [2.24, 2.45) is 0 Å². The maximum Gasteiger partial charge on any atom is 0.265 e. The van der Waals surface area contributed by atoms with Crippen LogP contribution in [0.5, 0.6) is 0 Å². The Balaban J connectivity index is 1.28. The fourth-order valence-electron chi connectivity index (χ4n) is 3.65. The molecule has 2 aromatic heterocycles. The van der Waals surface area contributed by atoms with Gasteiger partial charge in [-0.15, -0.1) is 11.3 Å². The smallest absolute Gasteiger partial charge is 0.265 e. The molecule has 3 aromatic rings. The molecule has 30 heavy (non-hydrogen) atoms. The second kappa shape index (κ2) is 9.53. The molecule has 0 atom stereocenters. The third kappa shape index (κ3) is 4.79. The quantitative estimate of drug-likeness (QED) is 0.569. The van der Waals surface area contributed by atoms with Crippen molar-refractivity contribution in [2.75, 3.05) is 26.2 Å². The summed E-state index contributed by atoms with van der Waals surface area (Å²) in [6.07, 6.45) is 2.33. The van der Waals surface area contributed by atoms with E-state index in [1.165, 1.54) is 16.9 Å². The number of hydrogen-bond donors (Lipinski definition) is 0. The maximum absolute atomic E-state index is 13.0. The summed E-state index contributed by atoms with van der Waals surface area (Å²) in [4.78, 5) is 34.6. The highest BCUT2D eigenvalue weighted by Gasteiger charge is 2.27. The zero-order valence-electron chi connectivity index (χ0n) is 17.0. The van der Waals surface area contributed by atoms with Crippen LogP contribution in [0.2, 0.25) is 0 Å². The number of nitrogens with zero attached hydrogens (tertiary/aromatic N) is 3. The summed E-state index contributed by atoms with van der Waals surface area (Å²) in [5.74, 6) is 0.217. The van der Waals surface area contributed by atoms with Crippen LogP contribution in [0.3, 0.4) is 0 Å². The van der Waals surface area contributed by atoms with Crippen molar-refractivity contribution in [3.05, 3.63) is 63.3 Å². The number of hydrogen-bond acceptors (Lipinski definition) is 5. The zero-order valence-corrected chi connectivity index (χ0v) is 18.7. The molecular weight excluding hydrogens is 414 g/mol. The van der Waals surface area contributed by atoms with E-state index in [1.807, 2.05) is 46.4 Å². The number of piperazine rings is 1. The Morgan fingerprint density at radius 3 is 2.47 bits per heavy atom. The number of amides is 2. The van der Waals surface area contributed by atoms with Gasteiger partial charge in [-0.2, -0.15) is 11.3 Å². The fraction of sp³-hybridized carbons (Fsp3) is 0.348. The second-order valence-electron chi connectivity index (χ2n) is 7.46. The molecule has 0 aliphatic carbocycles. The summed E-state index contributed by atoms with van der Waals surface area (Å²) < 4.78 is 0. The molecule has 5 nitrogen and oxygen atoms in total. The van der Waals surface area contributed by atoms with Gasteiger partial charge in [0.05, 0.1) is 5.69 Å². The Morgan fingerprint density at radius 1 is 1.03 bits per heavy atom.